The summed E-state index contributed by atoms with van der Waals surface area (Å²) in [4.78, 5) is 13.5. The van der Waals surface area contributed by atoms with Crippen LogP contribution in [0.5, 0.6) is 0 Å². The molecule has 1 aliphatic rings. The topological polar surface area (TPSA) is 90.1 Å². The third-order valence-corrected chi connectivity index (χ3v) is 4.78. The highest BCUT2D eigenvalue weighted by molar-refractivity contribution is 7.21. The minimum Gasteiger partial charge on any atom is -0.397 e. The average Bonchev–Trinajstić information content (AvgIpc) is 3.04. The molecule has 2 aromatic rings. The van der Waals surface area contributed by atoms with Crippen LogP contribution in [0.3, 0.4) is 0 Å². The molecule has 0 aromatic carbocycles. The highest BCUT2D eigenvalue weighted by atomic mass is 32.1. The van der Waals surface area contributed by atoms with Gasteiger partial charge in [0.25, 0.3) is 5.91 Å². The summed E-state index contributed by atoms with van der Waals surface area (Å²) in [6, 6.07) is 1.93. The maximum atomic E-state index is 12.3. The molecule has 2 aromatic heterocycles. The Morgan fingerprint density at radius 3 is 3.10 bits per heavy atom. The lowest BCUT2D eigenvalue weighted by molar-refractivity contribution is 0.0919. The molecule has 0 radical (unpaired) electrons. The maximum Gasteiger partial charge on any atom is 0.263 e. The Morgan fingerprint density at radius 1 is 1.55 bits per heavy atom. The monoisotopic (exact) mass is 292 g/mol. The first-order valence-corrected chi connectivity index (χ1v) is 7.34. The number of hydrogen-bond donors (Lipinski definition) is 2. The van der Waals surface area contributed by atoms with Crippen molar-refractivity contribution in [1.29, 1.82) is 0 Å². The molecule has 1 fully saturated rings. The molecule has 20 heavy (non-hydrogen) atoms. The van der Waals surface area contributed by atoms with Crippen LogP contribution in [0.1, 0.15) is 28.9 Å². The van der Waals surface area contributed by atoms with Crippen LogP contribution in [0, 0.1) is 0 Å². The number of rotatable bonds is 3. The Bertz CT molecular complexity index is 642. The molecule has 1 amide bonds. The van der Waals surface area contributed by atoms with Crippen LogP contribution in [0.2, 0.25) is 0 Å². The number of carbonyl (C=O) groups excluding carboxylic acids is 1. The number of methoxy groups -OCH3 is 1. The second kappa shape index (κ2) is 5.34. The summed E-state index contributed by atoms with van der Waals surface area (Å²) in [5.74, 6) is -0.132. The quantitative estimate of drug-likeness (QED) is 0.896. The van der Waals surface area contributed by atoms with Crippen LogP contribution < -0.4 is 11.1 Å². The Morgan fingerprint density at radius 2 is 2.40 bits per heavy atom. The molecule has 7 heteroatoms. The molecule has 0 spiro atoms. The normalized spacial score (nSPS) is 22.2. The maximum absolute atomic E-state index is 12.3. The third-order valence-electron chi connectivity index (χ3n) is 3.68. The van der Waals surface area contributed by atoms with Gasteiger partial charge in [0.15, 0.2) is 0 Å². The SMILES string of the molecule is COC1CCC(NC(=O)c2sc3nnccc3c2N)C1. The summed E-state index contributed by atoms with van der Waals surface area (Å²) < 4.78 is 5.31. The van der Waals surface area contributed by atoms with E-state index in [0.29, 0.717) is 15.4 Å². The number of aromatic nitrogens is 2. The minimum atomic E-state index is -0.132. The zero-order valence-electron chi connectivity index (χ0n) is 11.1. The van der Waals surface area contributed by atoms with Gasteiger partial charge in [-0.25, -0.2) is 0 Å². The first-order chi connectivity index (χ1) is 9.69. The fourth-order valence-corrected chi connectivity index (χ4v) is 3.52. The zero-order valence-corrected chi connectivity index (χ0v) is 11.9. The standard InChI is InChI=1S/C13H16N4O2S/c1-19-8-3-2-7(6-8)16-12(18)11-10(14)9-4-5-15-17-13(9)20-11/h4-5,7-8H,2-3,6,14H2,1H3,(H,16,18). The first-order valence-electron chi connectivity index (χ1n) is 6.52. The van der Waals surface area contributed by atoms with Gasteiger partial charge in [-0.15, -0.1) is 16.4 Å². The van der Waals surface area contributed by atoms with Crippen molar-refractivity contribution in [2.75, 3.05) is 12.8 Å². The second-order valence-corrected chi connectivity index (χ2v) is 5.94. The lowest BCUT2D eigenvalue weighted by atomic mass is 10.2. The van der Waals surface area contributed by atoms with Crippen molar-refractivity contribution in [3.63, 3.8) is 0 Å². The lowest BCUT2D eigenvalue weighted by Crippen LogP contribution is -2.33. The van der Waals surface area contributed by atoms with Gasteiger partial charge in [-0.05, 0) is 25.3 Å². The molecule has 1 aliphatic carbocycles. The minimum absolute atomic E-state index is 0.132. The van der Waals surface area contributed by atoms with E-state index < -0.39 is 0 Å². The second-order valence-electron chi connectivity index (χ2n) is 4.94. The Balaban J connectivity index is 1.77. The first kappa shape index (κ1) is 13.3. The zero-order chi connectivity index (χ0) is 14.1. The van der Waals surface area contributed by atoms with Gasteiger partial charge in [0.2, 0.25) is 0 Å². The summed E-state index contributed by atoms with van der Waals surface area (Å²) in [5.41, 5.74) is 6.51. The Kier molecular flexibility index (Phi) is 3.54. The molecular formula is C13H16N4O2S. The molecule has 0 bridgehead atoms. The van der Waals surface area contributed by atoms with E-state index in [1.807, 2.05) is 0 Å². The van der Waals surface area contributed by atoms with Crippen molar-refractivity contribution < 1.29 is 9.53 Å². The van der Waals surface area contributed by atoms with Gasteiger partial charge in [0, 0.05) is 18.5 Å². The molecule has 2 atom stereocenters. The van der Waals surface area contributed by atoms with Crippen LogP contribution >= 0.6 is 11.3 Å². The number of fused-ring (bicyclic) bond motifs is 1. The van der Waals surface area contributed by atoms with Gasteiger partial charge in [-0.3, -0.25) is 4.79 Å². The Labute approximate surface area is 120 Å². The molecule has 2 unspecified atom stereocenters. The van der Waals surface area contributed by atoms with E-state index in [1.54, 1.807) is 19.4 Å². The van der Waals surface area contributed by atoms with E-state index in [0.717, 1.165) is 24.6 Å². The predicted molar refractivity (Wildman–Crippen MR) is 77.7 cm³/mol. The molecule has 0 saturated heterocycles. The molecule has 2 heterocycles. The number of ether oxygens (including phenoxy) is 1. The van der Waals surface area contributed by atoms with Crippen molar-refractivity contribution >= 4 is 33.1 Å². The van der Waals surface area contributed by atoms with Crippen molar-refractivity contribution in [2.45, 2.75) is 31.4 Å². The molecule has 106 valence electrons. The summed E-state index contributed by atoms with van der Waals surface area (Å²) in [7, 11) is 1.71. The molecule has 3 N–H and O–H groups in total. The van der Waals surface area contributed by atoms with E-state index in [4.69, 9.17) is 10.5 Å². The predicted octanol–water partition coefficient (Wildman–Crippen LogP) is 1.57. The number of nitrogens with two attached hydrogens (primary N) is 1. The lowest BCUT2D eigenvalue weighted by Gasteiger charge is -2.12. The largest absolute Gasteiger partial charge is 0.397 e. The number of carbonyl (C=O) groups is 1. The molecule has 1 saturated carbocycles. The van der Waals surface area contributed by atoms with Gasteiger partial charge in [-0.2, -0.15) is 5.10 Å². The number of anilines is 1. The van der Waals surface area contributed by atoms with Crippen LogP contribution in [-0.4, -0.2) is 35.4 Å². The van der Waals surface area contributed by atoms with Gasteiger partial charge in [0.1, 0.15) is 9.71 Å². The van der Waals surface area contributed by atoms with E-state index >= 15 is 0 Å². The van der Waals surface area contributed by atoms with Crippen molar-refractivity contribution in [2.24, 2.45) is 0 Å². The number of nitrogens with one attached hydrogen (secondary N) is 1. The third kappa shape index (κ3) is 2.34. The highest BCUT2D eigenvalue weighted by Gasteiger charge is 2.27. The highest BCUT2D eigenvalue weighted by Crippen LogP contribution is 2.32. The summed E-state index contributed by atoms with van der Waals surface area (Å²) in [6.45, 7) is 0. The van der Waals surface area contributed by atoms with Crippen molar-refractivity contribution in [3.8, 4) is 0 Å². The fourth-order valence-electron chi connectivity index (χ4n) is 2.58. The summed E-state index contributed by atoms with van der Waals surface area (Å²) >= 11 is 1.28. The molecular weight excluding hydrogens is 276 g/mol. The van der Waals surface area contributed by atoms with Crippen LogP contribution in [0.15, 0.2) is 12.3 Å². The Hall–Kier alpha value is -1.73. The van der Waals surface area contributed by atoms with Gasteiger partial charge in [-0.1, -0.05) is 0 Å². The van der Waals surface area contributed by atoms with Crippen molar-refractivity contribution in [1.82, 2.24) is 15.5 Å². The number of nitrogens with zero attached hydrogens (tertiary/aromatic N) is 2. The van der Waals surface area contributed by atoms with Gasteiger partial charge < -0.3 is 15.8 Å². The molecule has 3 rings (SSSR count). The van der Waals surface area contributed by atoms with Crippen LogP contribution in [0.25, 0.3) is 10.2 Å². The summed E-state index contributed by atoms with van der Waals surface area (Å²) in [5, 5.41) is 11.6. The van der Waals surface area contributed by atoms with Gasteiger partial charge in [0.05, 0.1) is 18.0 Å². The average molecular weight is 292 g/mol. The fraction of sp³-hybridized carbons (Fsp3) is 0.462. The van der Waals surface area contributed by atoms with Crippen LogP contribution in [0.4, 0.5) is 5.69 Å². The number of nitrogen functional groups attached to an aromatic ring is 1. The number of thiophene rings is 1. The summed E-state index contributed by atoms with van der Waals surface area (Å²) in [6.07, 6.45) is 4.59. The van der Waals surface area contributed by atoms with E-state index in [1.165, 1.54) is 11.3 Å². The van der Waals surface area contributed by atoms with Gasteiger partial charge >= 0.3 is 0 Å². The van der Waals surface area contributed by atoms with E-state index in [-0.39, 0.29) is 18.1 Å². The number of hydrogen-bond acceptors (Lipinski definition) is 6. The smallest absolute Gasteiger partial charge is 0.263 e. The van der Waals surface area contributed by atoms with Crippen molar-refractivity contribution in [3.05, 3.63) is 17.1 Å². The van der Waals surface area contributed by atoms with Crippen LogP contribution in [-0.2, 0) is 4.74 Å². The molecule has 0 aliphatic heterocycles. The van der Waals surface area contributed by atoms with E-state index in [2.05, 4.69) is 15.5 Å². The molecule has 6 nitrogen and oxygen atoms in total. The number of amides is 1. The van der Waals surface area contributed by atoms with E-state index in [9.17, 15) is 4.79 Å².